The maximum absolute atomic E-state index is 12.6. The number of aliphatic hydroxyl groups excluding tert-OH is 1. The van der Waals surface area contributed by atoms with Gasteiger partial charge in [-0.25, -0.2) is 0 Å². The standard InChI is InChI=1S/C20H25N3O3/c1-23-16(6-8-21-23)3-5-19(25)22-20(15-11-17(24)12-15)14-2-4-18-13(10-14)7-9-26-18/h2,4,6,8,10,15,17,20,24H,3,5,7,9,11-12H2,1H3,(H,22,25)/t15?,17?,20-/m0/s1. The zero-order chi connectivity index (χ0) is 18.1. The molecule has 1 atom stereocenters. The quantitative estimate of drug-likeness (QED) is 0.830. The first-order valence-corrected chi connectivity index (χ1v) is 9.30. The molecule has 0 spiro atoms. The van der Waals surface area contributed by atoms with Gasteiger partial charge in [-0.2, -0.15) is 5.10 Å². The summed E-state index contributed by atoms with van der Waals surface area (Å²) in [6.07, 6.45) is 4.99. The number of carbonyl (C=O) groups is 1. The summed E-state index contributed by atoms with van der Waals surface area (Å²) in [6.45, 7) is 0.725. The van der Waals surface area contributed by atoms with Gasteiger partial charge in [0, 0.05) is 31.8 Å². The summed E-state index contributed by atoms with van der Waals surface area (Å²) in [4.78, 5) is 12.6. The fourth-order valence-electron chi connectivity index (χ4n) is 3.91. The van der Waals surface area contributed by atoms with E-state index in [4.69, 9.17) is 4.74 Å². The first kappa shape index (κ1) is 17.1. The average Bonchev–Trinajstić information content (AvgIpc) is 3.23. The number of carbonyl (C=O) groups excluding carboxylic acids is 1. The third-order valence-electron chi connectivity index (χ3n) is 5.54. The number of hydrogen-bond acceptors (Lipinski definition) is 4. The predicted octanol–water partition coefficient (Wildman–Crippen LogP) is 1.92. The van der Waals surface area contributed by atoms with Crippen molar-refractivity contribution in [2.45, 2.75) is 44.2 Å². The molecule has 138 valence electrons. The monoisotopic (exact) mass is 355 g/mol. The van der Waals surface area contributed by atoms with Gasteiger partial charge in [-0.15, -0.1) is 0 Å². The maximum atomic E-state index is 12.6. The van der Waals surface area contributed by atoms with Crippen molar-refractivity contribution in [3.05, 3.63) is 47.3 Å². The number of aromatic nitrogens is 2. The van der Waals surface area contributed by atoms with Crippen molar-refractivity contribution in [3.63, 3.8) is 0 Å². The fourth-order valence-corrected chi connectivity index (χ4v) is 3.91. The smallest absolute Gasteiger partial charge is 0.220 e. The second-order valence-electron chi connectivity index (χ2n) is 7.34. The molecule has 26 heavy (non-hydrogen) atoms. The van der Waals surface area contributed by atoms with Gasteiger partial charge >= 0.3 is 0 Å². The summed E-state index contributed by atoms with van der Waals surface area (Å²) in [6, 6.07) is 8.08. The second kappa shape index (κ2) is 7.11. The van der Waals surface area contributed by atoms with Crippen LogP contribution in [0.4, 0.5) is 0 Å². The van der Waals surface area contributed by atoms with E-state index in [1.807, 2.05) is 25.2 Å². The summed E-state index contributed by atoms with van der Waals surface area (Å²) in [5, 5.41) is 17.1. The molecule has 1 aromatic carbocycles. The summed E-state index contributed by atoms with van der Waals surface area (Å²) < 4.78 is 7.39. The van der Waals surface area contributed by atoms with Crippen LogP contribution in [-0.2, 0) is 24.7 Å². The summed E-state index contributed by atoms with van der Waals surface area (Å²) in [7, 11) is 1.89. The Bertz CT molecular complexity index is 795. The zero-order valence-corrected chi connectivity index (χ0v) is 15.0. The molecule has 1 saturated carbocycles. The molecule has 0 saturated heterocycles. The number of aryl methyl sites for hydroxylation is 2. The summed E-state index contributed by atoms with van der Waals surface area (Å²) in [5.74, 6) is 1.27. The van der Waals surface area contributed by atoms with Gasteiger partial charge in [-0.1, -0.05) is 6.07 Å². The number of aliphatic hydroxyl groups is 1. The van der Waals surface area contributed by atoms with Crippen molar-refractivity contribution in [3.8, 4) is 5.75 Å². The number of hydrogen-bond donors (Lipinski definition) is 2. The van der Waals surface area contributed by atoms with Gasteiger partial charge in [-0.05, 0) is 54.5 Å². The highest BCUT2D eigenvalue weighted by Gasteiger charge is 2.36. The Hall–Kier alpha value is -2.34. The van der Waals surface area contributed by atoms with Gasteiger partial charge in [0.1, 0.15) is 5.75 Å². The van der Waals surface area contributed by atoms with Crippen molar-refractivity contribution in [2.75, 3.05) is 6.61 Å². The van der Waals surface area contributed by atoms with E-state index >= 15 is 0 Å². The Labute approximate surface area is 153 Å². The van der Waals surface area contributed by atoms with E-state index in [9.17, 15) is 9.90 Å². The van der Waals surface area contributed by atoms with Gasteiger partial charge in [-0.3, -0.25) is 9.48 Å². The molecule has 1 aliphatic carbocycles. The lowest BCUT2D eigenvalue weighted by molar-refractivity contribution is -0.123. The molecule has 0 bridgehead atoms. The lowest BCUT2D eigenvalue weighted by Crippen LogP contribution is -2.41. The summed E-state index contributed by atoms with van der Waals surface area (Å²) in [5.41, 5.74) is 3.36. The van der Waals surface area contributed by atoms with Crippen LogP contribution in [0.5, 0.6) is 5.75 Å². The minimum atomic E-state index is -0.244. The highest BCUT2D eigenvalue weighted by atomic mass is 16.5. The van der Waals surface area contributed by atoms with E-state index < -0.39 is 0 Å². The van der Waals surface area contributed by atoms with Crippen molar-refractivity contribution >= 4 is 5.91 Å². The van der Waals surface area contributed by atoms with Crippen LogP contribution in [0.25, 0.3) is 0 Å². The van der Waals surface area contributed by atoms with Crippen molar-refractivity contribution in [1.29, 1.82) is 0 Å². The molecule has 2 aliphatic rings. The van der Waals surface area contributed by atoms with Gasteiger partial charge < -0.3 is 15.2 Å². The van der Waals surface area contributed by atoms with E-state index in [1.54, 1.807) is 10.9 Å². The van der Waals surface area contributed by atoms with Gasteiger partial charge in [0.15, 0.2) is 0 Å². The minimum Gasteiger partial charge on any atom is -0.493 e. The van der Waals surface area contributed by atoms with E-state index in [0.29, 0.717) is 12.8 Å². The number of nitrogens with zero attached hydrogens (tertiary/aromatic N) is 2. The molecular formula is C20H25N3O3. The van der Waals surface area contributed by atoms with Crippen LogP contribution in [0.3, 0.4) is 0 Å². The van der Waals surface area contributed by atoms with Gasteiger partial charge in [0.2, 0.25) is 5.91 Å². The maximum Gasteiger partial charge on any atom is 0.220 e. The van der Waals surface area contributed by atoms with Crippen LogP contribution in [0, 0.1) is 5.92 Å². The Morgan fingerprint density at radius 1 is 1.42 bits per heavy atom. The minimum absolute atomic E-state index is 0.0364. The molecule has 1 amide bonds. The lowest BCUT2D eigenvalue weighted by Gasteiger charge is -2.38. The highest BCUT2D eigenvalue weighted by molar-refractivity contribution is 5.76. The molecule has 6 nitrogen and oxygen atoms in total. The Kier molecular flexibility index (Phi) is 4.68. The van der Waals surface area contributed by atoms with Crippen molar-refractivity contribution in [1.82, 2.24) is 15.1 Å². The Morgan fingerprint density at radius 2 is 2.27 bits per heavy atom. The molecule has 1 aliphatic heterocycles. The zero-order valence-electron chi connectivity index (χ0n) is 15.0. The lowest BCUT2D eigenvalue weighted by atomic mass is 9.74. The van der Waals surface area contributed by atoms with E-state index in [1.165, 1.54) is 5.56 Å². The van der Waals surface area contributed by atoms with Crippen LogP contribution in [0.2, 0.25) is 0 Å². The molecule has 0 unspecified atom stereocenters. The van der Waals surface area contributed by atoms with E-state index in [-0.39, 0.29) is 24.0 Å². The molecule has 2 N–H and O–H groups in total. The molecule has 6 heteroatoms. The third-order valence-corrected chi connectivity index (χ3v) is 5.54. The number of rotatable bonds is 6. The molecular weight excluding hydrogens is 330 g/mol. The van der Waals surface area contributed by atoms with E-state index in [0.717, 1.165) is 42.9 Å². The first-order valence-electron chi connectivity index (χ1n) is 9.30. The number of nitrogens with one attached hydrogen (secondary N) is 1. The first-order chi connectivity index (χ1) is 12.6. The van der Waals surface area contributed by atoms with Crippen LogP contribution in [0.15, 0.2) is 30.5 Å². The number of fused-ring (bicyclic) bond motifs is 1. The molecule has 1 aromatic heterocycles. The molecule has 2 heterocycles. The second-order valence-corrected chi connectivity index (χ2v) is 7.34. The van der Waals surface area contributed by atoms with Gasteiger partial charge in [0.05, 0.1) is 18.8 Å². The molecule has 2 aromatic rings. The highest BCUT2D eigenvalue weighted by Crippen LogP contribution is 2.39. The topological polar surface area (TPSA) is 76.4 Å². The SMILES string of the molecule is Cn1nccc1CCC(=O)N[C@@H](c1ccc2c(c1)CCO2)C1CC(O)C1. The Morgan fingerprint density at radius 3 is 3.00 bits per heavy atom. The normalized spacial score (nSPS) is 22.2. The third kappa shape index (κ3) is 3.46. The van der Waals surface area contributed by atoms with E-state index in [2.05, 4.69) is 16.5 Å². The molecule has 1 fully saturated rings. The average molecular weight is 355 g/mol. The van der Waals surface area contributed by atoms with Crippen LogP contribution in [0.1, 0.15) is 42.1 Å². The largest absolute Gasteiger partial charge is 0.493 e. The van der Waals surface area contributed by atoms with Crippen LogP contribution >= 0.6 is 0 Å². The van der Waals surface area contributed by atoms with Crippen molar-refractivity contribution in [2.24, 2.45) is 13.0 Å². The fraction of sp³-hybridized carbons (Fsp3) is 0.500. The van der Waals surface area contributed by atoms with Gasteiger partial charge in [0.25, 0.3) is 0 Å². The summed E-state index contributed by atoms with van der Waals surface area (Å²) >= 11 is 0. The molecule has 0 radical (unpaired) electrons. The van der Waals surface area contributed by atoms with Crippen molar-refractivity contribution < 1.29 is 14.6 Å². The number of ether oxygens (including phenoxy) is 1. The number of benzene rings is 1. The van der Waals surface area contributed by atoms with Crippen LogP contribution < -0.4 is 10.1 Å². The molecule has 4 rings (SSSR count). The predicted molar refractivity (Wildman–Crippen MR) is 96.8 cm³/mol. The Balaban J connectivity index is 1.45. The number of amides is 1. The van der Waals surface area contributed by atoms with Crippen LogP contribution in [-0.4, -0.2) is 33.5 Å².